The van der Waals surface area contributed by atoms with E-state index in [9.17, 15) is 4.79 Å². The highest BCUT2D eigenvalue weighted by Crippen LogP contribution is 2.23. The van der Waals surface area contributed by atoms with Gasteiger partial charge in [-0.1, -0.05) is 23.7 Å². The van der Waals surface area contributed by atoms with Crippen molar-refractivity contribution in [3.8, 4) is 16.9 Å². The van der Waals surface area contributed by atoms with E-state index >= 15 is 0 Å². The molecule has 0 radical (unpaired) electrons. The molecule has 1 aliphatic heterocycles. The maximum atomic E-state index is 12.5. The van der Waals surface area contributed by atoms with Gasteiger partial charge in [-0.25, -0.2) is 0 Å². The minimum absolute atomic E-state index is 0.187. The molecule has 0 aliphatic carbocycles. The number of aromatic amines is 1. The predicted molar refractivity (Wildman–Crippen MR) is 117 cm³/mol. The zero-order valence-electron chi connectivity index (χ0n) is 16.2. The number of rotatable bonds is 7. The summed E-state index contributed by atoms with van der Waals surface area (Å²) in [6.07, 6.45) is 4.39. The van der Waals surface area contributed by atoms with Gasteiger partial charge in [0.15, 0.2) is 0 Å². The number of carbonyl (C=O) groups excluding carboxylic acids is 1. The van der Waals surface area contributed by atoms with Gasteiger partial charge in [0.1, 0.15) is 18.1 Å². The molecule has 2 heterocycles. The van der Waals surface area contributed by atoms with Crippen molar-refractivity contribution in [1.82, 2.24) is 9.88 Å². The summed E-state index contributed by atoms with van der Waals surface area (Å²) >= 11 is 5.93. The Kier molecular flexibility index (Phi) is 6.17. The number of aromatic nitrogens is 1. The van der Waals surface area contributed by atoms with E-state index in [2.05, 4.69) is 15.2 Å². The summed E-state index contributed by atoms with van der Waals surface area (Å²) in [6.45, 7) is 3.99. The second kappa shape index (κ2) is 9.16. The van der Waals surface area contributed by atoms with E-state index in [4.69, 9.17) is 16.3 Å². The van der Waals surface area contributed by atoms with Crippen molar-refractivity contribution in [1.29, 1.82) is 0 Å². The number of nitrogens with one attached hydrogen (secondary N) is 2. The summed E-state index contributed by atoms with van der Waals surface area (Å²) in [5, 5.41) is 3.59. The first-order valence-electron chi connectivity index (χ1n) is 9.88. The van der Waals surface area contributed by atoms with E-state index in [0.29, 0.717) is 17.3 Å². The van der Waals surface area contributed by atoms with Gasteiger partial charge in [-0.2, -0.15) is 0 Å². The van der Waals surface area contributed by atoms with Crippen LogP contribution in [-0.2, 0) is 0 Å². The number of hydrogen-bond acceptors (Lipinski definition) is 3. The predicted octanol–water partition coefficient (Wildman–Crippen LogP) is 5.06. The number of hydrogen-bond donors (Lipinski definition) is 2. The highest BCUT2D eigenvalue weighted by atomic mass is 35.5. The summed E-state index contributed by atoms with van der Waals surface area (Å²) < 4.78 is 5.80. The lowest BCUT2D eigenvalue weighted by Gasteiger charge is -2.15. The molecule has 1 saturated heterocycles. The van der Waals surface area contributed by atoms with Gasteiger partial charge in [-0.15, -0.1) is 0 Å². The third kappa shape index (κ3) is 5.19. The van der Waals surface area contributed by atoms with Crippen molar-refractivity contribution in [2.75, 3.05) is 31.6 Å². The van der Waals surface area contributed by atoms with Crippen LogP contribution >= 0.6 is 11.6 Å². The number of ether oxygens (including phenoxy) is 1. The Morgan fingerprint density at radius 2 is 1.76 bits per heavy atom. The molecule has 29 heavy (non-hydrogen) atoms. The maximum absolute atomic E-state index is 12.5. The Morgan fingerprint density at radius 1 is 1.03 bits per heavy atom. The smallest absolute Gasteiger partial charge is 0.272 e. The normalized spacial score (nSPS) is 14.1. The van der Waals surface area contributed by atoms with Crippen LogP contribution in [0.2, 0.25) is 5.02 Å². The third-order valence-electron chi connectivity index (χ3n) is 5.09. The minimum atomic E-state index is -0.187. The highest BCUT2D eigenvalue weighted by Gasteiger charge is 2.12. The topological polar surface area (TPSA) is 57.4 Å². The number of amides is 1. The molecule has 0 bridgehead atoms. The lowest BCUT2D eigenvalue weighted by atomic mass is 10.1. The number of anilines is 1. The molecule has 1 fully saturated rings. The molecule has 1 aromatic heterocycles. The average Bonchev–Trinajstić information content (AvgIpc) is 3.42. The van der Waals surface area contributed by atoms with Crippen molar-refractivity contribution in [3.63, 3.8) is 0 Å². The number of nitrogens with zero attached hydrogens (tertiary/aromatic N) is 1. The second-order valence-corrected chi connectivity index (χ2v) is 7.62. The molecule has 5 nitrogen and oxygen atoms in total. The van der Waals surface area contributed by atoms with E-state index in [1.165, 1.54) is 25.9 Å². The van der Waals surface area contributed by atoms with Gasteiger partial charge in [0.2, 0.25) is 0 Å². The molecule has 3 aromatic rings. The first-order valence-corrected chi connectivity index (χ1v) is 10.3. The van der Waals surface area contributed by atoms with Gasteiger partial charge in [-0.3, -0.25) is 9.69 Å². The number of halogens is 1. The first kappa shape index (κ1) is 19.6. The molecule has 0 saturated carbocycles. The number of benzene rings is 2. The zero-order valence-corrected chi connectivity index (χ0v) is 16.9. The van der Waals surface area contributed by atoms with Crippen LogP contribution in [0.25, 0.3) is 11.1 Å². The van der Waals surface area contributed by atoms with Gasteiger partial charge in [0, 0.05) is 23.5 Å². The van der Waals surface area contributed by atoms with Crippen LogP contribution in [0.5, 0.6) is 5.75 Å². The average molecular weight is 410 g/mol. The SMILES string of the molecule is O=C(Nc1ccc(OCCN2CCCC2)cc1)c1cc(-c2ccc(Cl)cc2)c[nH]1. The zero-order chi connectivity index (χ0) is 20.1. The number of carbonyl (C=O) groups is 1. The van der Waals surface area contributed by atoms with Crippen molar-refractivity contribution < 1.29 is 9.53 Å². The fourth-order valence-corrected chi connectivity index (χ4v) is 3.59. The molecule has 2 aromatic carbocycles. The van der Waals surface area contributed by atoms with E-state index in [-0.39, 0.29) is 5.91 Å². The largest absolute Gasteiger partial charge is 0.492 e. The number of likely N-dealkylation sites (tertiary alicyclic amines) is 1. The Hall–Kier alpha value is -2.76. The van der Waals surface area contributed by atoms with Crippen LogP contribution in [-0.4, -0.2) is 42.0 Å². The van der Waals surface area contributed by atoms with Crippen molar-refractivity contribution >= 4 is 23.2 Å². The van der Waals surface area contributed by atoms with E-state index in [1.54, 1.807) is 0 Å². The van der Waals surface area contributed by atoms with Gasteiger partial charge >= 0.3 is 0 Å². The fraction of sp³-hybridized carbons (Fsp3) is 0.261. The van der Waals surface area contributed by atoms with Crippen LogP contribution < -0.4 is 10.1 Å². The van der Waals surface area contributed by atoms with E-state index in [0.717, 1.165) is 29.1 Å². The second-order valence-electron chi connectivity index (χ2n) is 7.18. The minimum Gasteiger partial charge on any atom is -0.492 e. The van der Waals surface area contributed by atoms with E-state index < -0.39 is 0 Å². The standard InChI is InChI=1S/C23H24ClN3O2/c24-19-5-3-17(4-6-19)18-15-22(25-16-18)23(28)26-20-7-9-21(10-8-20)29-14-13-27-11-1-2-12-27/h3-10,15-16,25H,1-2,11-14H2,(H,26,28). The van der Waals surface area contributed by atoms with Crippen molar-refractivity contribution in [2.24, 2.45) is 0 Å². The van der Waals surface area contributed by atoms with Crippen molar-refractivity contribution in [2.45, 2.75) is 12.8 Å². The number of H-pyrrole nitrogens is 1. The molecule has 0 unspecified atom stereocenters. The highest BCUT2D eigenvalue weighted by molar-refractivity contribution is 6.30. The summed E-state index contributed by atoms with van der Waals surface area (Å²) in [4.78, 5) is 18.0. The lowest BCUT2D eigenvalue weighted by molar-refractivity contribution is 0.102. The summed E-state index contributed by atoms with van der Waals surface area (Å²) in [6, 6.07) is 16.8. The lowest BCUT2D eigenvalue weighted by Crippen LogP contribution is -2.25. The van der Waals surface area contributed by atoms with Crippen LogP contribution in [0, 0.1) is 0 Å². The summed E-state index contributed by atoms with van der Waals surface area (Å²) in [5.41, 5.74) is 3.17. The van der Waals surface area contributed by atoms with Gasteiger partial charge in [0.05, 0.1) is 0 Å². The fourth-order valence-electron chi connectivity index (χ4n) is 3.47. The van der Waals surface area contributed by atoms with Gasteiger partial charge < -0.3 is 15.0 Å². The Balaban J connectivity index is 1.30. The van der Waals surface area contributed by atoms with E-state index in [1.807, 2.05) is 60.8 Å². The maximum Gasteiger partial charge on any atom is 0.272 e. The molecule has 4 rings (SSSR count). The van der Waals surface area contributed by atoms with Crippen LogP contribution in [0.4, 0.5) is 5.69 Å². The molecule has 150 valence electrons. The van der Waals surface area contributed by atoms with Gasteiger partial charge in [0.25, 0.3) is 5.91 Å². The summed E-state index contributed by atoms with van der Waals surface area (Å²) in [7, 11) is 0. The Morgan fingerprint density at radius 3 is 2.48 bits per heavy atom. The van der Waals surface area contributed by atoms with Gasteiger partial charge in [-0.05, 0) is 79.5 Å². The first-order chi connectivity index (χ1) is 14.2. The van der Waals surface area contributed by atoms with Crippen LogP contribution in [0.15, 0.2) is 60.8 Å². The third-order valence-corrected chi connectivity index (χ3v) is 5.34. The quantitative estimate of drug-likeness (QED) is 0.573. The molecule has 6 heteroatoms. The van der Waals surface area contributed by atoms with Crippen LogP contribution in [0.1, 0.15) is 23.3 Å². The monoisotopic (exact) mass is 409 g/mol. The Bertz CT molecular complexity index is 945. The molecule has 1 amide bonds. The molecule has 0 atom stereocenters. The van der Waals surface area contributed by atoms with Crippen LogP contribution in [0.3, 0.4) is 0 Å². The summed E-state index contributed by atoms with van der Waals surface area (Å²) in [5.74, 6) is 0.625. The molecular weight excluding hydrogens is 386 g/mol. The van der Waals surface area contributed by atoms with Crippen molar-refractivity contribution in [3.05, 3.63) is 71.5 Å². The molecule has 1 aliphatic rings. The molecular formula is C23H24ClN3O2. The Labute approximate surface area is 175 Å². The molecule has 0 spiro atoms. The molecule has 2 N–H and O–H groups in total.